The summed E-state index contributed by atoms with van der Waals surface area (Å²) in [7, 11) is 1.57. The highest BCUT2D eigenvalue weighted by molar-refractivity contribution is 5.68. The first-order valence-corrected chi connectivity index (χ1v) is 5.30. The Morgan fingerprint density at radius 3 is 2.41 bits per heavy atom. The van der Waals surface area contributed by atoms with E-state index in [0.717, 1.165) is 0 Å². The first kappa shape index (κ1) is 11.9. The van der Waals surface area contributed by atoms with Crippen molar-refractivity contribution >= 4 is 5.97 Å². The zero-order valence-electron chi connectivity index (χ0n) is 9.51. The smallest absolute Gasteiger partial charge is 0.309 e. The predicted octanol–water partition coefficient (Wildman–Crippen LogP) is 1.37. The Bertz CT molecular complexity index is 392. The van der Waals surface area contributed by atoms with Gasteiger partial charge in [0, 0.05) is 5.56 Å². The van der Waals surface area contributed by atoms with E-state index in [1.54, 1.807) is 31.4 Å². The molecule has 0 spiro atoms. The van der Waals surface area contributed by atoms with Gasteiger partial charge in [0.15, 0.2) is 0 Å². The second kappa shape index (κ2) is 4.73. The summed E-state index contributed by atoms with van der Waals surface area (Å²) in [5, 5.41) is 8.92. The molecule has 1 aliphatic heterocycles. The molecule has 1 N–H and O–H groups in total. The van der Waals surface area contributed by atoms with Crippen molar-refractivity contribution in [3.05, 3.63) is 29.8 Å². The number of hydrogen-bond acceptors (Lipinski definition) is 4. The molecule has 1 fully saturated rings. The van der Waals surface area contributed by atoms with Gasteiger partial charge in [-0.15, -0.1) is 0 Å². The molecule has 17 heavy (non-hydrogen) atoms. The highest BCUT2D eigenvalue weighted by Gasteiger charge is 2.40. The Kier molecular flexibility index (Phi) is 3.31. The number of hydrogen-bond donors (Lipinski definition) is 1. The van der Waals surface area contributed by atoms with Gasteiger partial charge >= 0.3 is 5.97 Å². The molecule has 2 rings (SSSR count). The van der Waals surface area contributed by atoms with Gasteiger partial charge in [0.05, 0.1) is 20.3 Å². The first-order chi connectivity index (χ1) is 8.16. The van der Waals surface area contributed by atoms with Gasteiger partial charge < -0.3 is 19.3 Å². The largest absolute Gasteiger partial charge is 0.497 e. The predicted molar refractivity (Wildman–Crippen MR) is 58.8 cm³/mol. The summed E-state index contributed by atoms with van der Waals surface area (Å²) in [6.07, 6.45) is -0.209. The van der Waals surface area contributed by atoms with Crippen LogP contribution >= 0.6 is 0 Å². The van der Waals surface area contributed by atoms with Crippen LogP contribution in [0.25, 0.3) is 0 Å². The molecule has 1 aromatic rings. The Labute approximate surface area is 98.9 Å². The van der Waals surface area contributed by atoms with Crippen molar-refractivity contribution in [2.45, 2.75) is 12.2 Å². The number of benzene rings is 1. The Morgan fingerprint density at radius 2 is 1.94 bits per heavy atom. The number of carboxylic acids is 1. The van der Waals surface area contributed by atoms with Crippen LogP contribution in [-0.4, -0.2) is 31.4 Å². The molecular formula is C12H14O5. The molecule has 0 aromatic heterocycles. The van der Waals surface area contributed by atoms with Gasteiger partial charge in [-0.3, -0.25) is 4.79 Å². The highest BCUT2D eigenvalue weighted by Crippen LogP contribution is 2.35. The Morgan fingerprint density at radius 1 is 1.35 bits per heavy atom. The van der Waals surface area contributed by atoms with Gasteiger partial charge in [-0.05, 0) is 24.3 Å². The number of ether oxygens (including phenoxy) is 3. The van der Waals surface area contributed by atoms with Crippen molar-refractivity contribution in [1.29, 1.82) is 0 Å². The van der Waals surface area contributed by atoms with Crippen LogP contribution in [0, 0.1) is 0 Å². The lowest BCUT2D eigenvalue weighted by atomic mass is 10.0. The maximum Gasteiger partial charge on any atom is 0.309 e. The van der Waals surface area contributed by atoms with E-state index in [-0.39, 0.29) is 6.42 Å². The van der Waals surface area contributed by atoms with Crippen LogP contribution in [0.3, 0.4) is 0 Å². The number of methoxy groups -OCH3 is 1. The molecule has 0 saturated carbocycles. The van der Waals surface area contributed by atoms with E-state index in [4.69, 9.17) is 19.3 Å². The van der Waals surface area contributed by atoms with Crippen molar-refractivity contribution < 1.29 is 24.1 Å². The second-order valence-electron chi connectivity index (χ2n) is 3.75. The van der Waals surface area contributed by atoms with Gasteiger partial charge in [-0.1, -0.05) is 0 Å². The van der Waals surface area contributed by atoms with E-state index in [0.29, 0.717) is 24.5 Å². The quantitative estimate of drug-likeness (QED) is 0.858. The lowest BCUT2D eigenvalue weighted by molar-refractivity contribution is -0.185. The van der Waals surface area contributed by atoms with E-state index in [9.17, 15) is 4.79 Å². The maximum absolute atomic E-state index is 10.9. The zero-order chi connectivity index (χ0) is 12.3. The van der Waals surface area contributed by atoms with Crippen molar-refractivity contribution in [3.8, 4) is 5.75 Å². The molecule has 5 heteroatoms. The van der Waals surface area contributed by atoms with E-state index < -0.39 is 11.8 Å². The number of rotatable bonds is 4. The van der Waals surface area contributed by atoms with E-state index >= 15 is 0 Å². The molecule has 0 amide bonds. The summed E-state index contributed by atoms with van der Waals surface area (Å²) >= 11 is 0. The summed E-state index contributed by atoms with van der Waals surface area (Å²) in [5.74, 6) is -1.40. The molecule has 0 unspecified atom stereocenters. The van der Waals surface area contributed by atoms with Crippen LogP contribution < -0.4 is 4.74 Å². The molecule has 0 bridgehead atoms. The normalized spacial score (nSPS) is 17.9. The minimum Gasteiger partial charge on any atom is -0.497 e. The van der Waals surface area contributed by atoms with Crippen molar-refractivity contribution in [1.82, 2.24) is 0 Å². The summed E-state index contributed by atoms with van der Waals surface area (Å²) in [6.45, 7) is 0.804. The first-order valence-electron chi connectivity index (χ1n) is 5.30. The third-order valence-electron chi connectivity index (χ3n) is 2.67. The molecule has 0 aliphatic carbocycles. The number of carbonyl (C=O) groups is 1. The summed E-state index contributed by atoms with van der Waals surface area (Å²) in [6, 6.07) is 7.02. The molecule has 0 atom stereocenters. The van der Waals surface area contributed by atoms with E-state index in [1.807, 2.05) is 0 Å². The monoisotopic (exact) mass is 238 g/mol. The molecule has 1 heterocycles. The highest BCUT2D eigenvalue weighted by atomic mass is 16.7. The third-order valence-corrected chi connectivity index (χ3v) is 2.67. The van der Waals surface area contributed by atoms with Gasteiger partial charge in [0.2, 0.25) is 5.79 Å². The minimum absolute atomic E-state index is 0.209. The lowest BCUT2D eigenvalue weighted by Crippen LogP contribution is -2.30. The standard InChI is InChI=1S/C12H14O5/c1-15-10-4-2-9(3-5-10)12(8-11(13)14)16-6-7-17-12/h2-5H,6-8H2,1H3,(H,13,14). The van der Waals surface area contributed by atoms with Crippen LogP contribution in [0.15, 0.2) is 24.3 Å². The average molecular weight is 238 g/mol. The fourth-order valence-corrected chi connectivity index (χ4v) is 1.87. The lowest BCUT2D eigenvalue weighted by Gasteiger charge is -2.26. The summed E-state index contributed by atoms with van der Waals surface area (Å²) < 4.78 is 16.0. The van der Waals surface area contributed by atoms with Crippen LogP contribution in [0.1, 0.15) is 12.0 Å². The summed E-state index contributed by atoms with van der Waals surface area (Å²) in [4.78, 5) is 10.9. The van der Waals surface area contributed by atoms with Gasteiger partial charge in [0.1, 0.15) is 12.2 Å². The third kappa shape index (κ3) is 2.40. The van der Waals surface area contributed by atoms with Crippen LogP contribution in [0.4, 0.5) is 0 Å². The van der Waals surface area contributed by atoms with E-state index in [2.05, 4.69) is 0 Å². The number of carboxylic acid groups (broad SMARTS) is 1. The molecule has 92 valence electrons. The minimum atomic E-state index is -1.15. The van der Waals surface area contributed by atoms with Gasteiger partial charge in [0.25, 0.3) is 0 Å². The van der Waals surface area contributed by atoms with E-state index in [1.165, 1.54) is 0 Å². The van der Waals surface area contributed by atoms with Gasteiger partial charge in [-0.2, -0.15) is 0 Å². The fraction of sp³-hybridized carbons (Fsp3) is 0.417. The molecule has 1 aromatic carbocycles. The number of aliphatic carboxylic acids is 1. The average Bonchev–Trinajstić information content (AvgIpc) is 2.78. The SMILES string of the molecule is COc1ccc(C2(CC(=O)O)OCCO2)cc1. The topological polar surface area (TPSA) is 65.0 Å². The molecular weight excluding hydrogens is 224 g/mol. The van der Waals surface area contributed by atoms with Crippen LogP contribution in [0.2, 0.25) is 0 Å². The van der Waals surface area contributed by atoms with Crippen molar-refractivity contribution in [3.63, 3.8) is 0 Å². The van der Waals surface area contributed by atoms with Crippen molar-refractivity contribution in [2.75, 3.05) is 20.3 Å². The molecule has 5 nitrogen and oxygen atoms in total. The molecule has 0 radical (unpaired) electrons. The zero-order valence-corrected chi connectivity index (χ0v) is 9.51. The Balaban J connectivity index is 2.28. The maximum atomic E-state index is 10.9. The van der Waals surface area contributed by atoms with Crippen LogP contribution in [0.5, 0.6) is 5.75 Å². The van der Waals surface area contributed by atoms with Gasteiger partial charge in [-0.25, -0.2) is 0 Å². The second-order valence-corrected chi connectivity index (χ2v) is 3.75. The Hall–Kier alpha value is -1.59. The molecule has 1 saturated heterocycles. The van der Waals surface area contributed by atoms with Crippen molar-refractivity contribution in [2.24, 2.45) is 0 Å². The summed E-state index contributed by atoms with van der Waals surface area (Å²) in [5.41, 5.74) is 0.693. The molecule has 1 aliphatic rings. The fourth-order valence-electron chi connectivity index (χ4n) is 1.87. The van der Waals surface area contributed by atoms with Crippen LogP contribution in [-0.2, 0) is 20.1 Å².